The number of nitrogens with one attached hydrogen (secondary N) is 1. The molecule has 0 spiro atoms. The number of amides is 2. The van der Waals surface area contributed by atoms with Crippen molar-refractivity contribution in [3.8, 4) is 11.1 Å². The first-order valence-electron chi connectivity index (χ1n) is 12.3. The highest BCUT2D eigenvalue weighted by atomic mass is 32.1. The second-order valence-electron chi connectivity index (χ2n) is 9.60. The average molecular weight is 485 g/mol. The first-order chi connectivity index (χ1) is 17.1. The average Bonchev–Trinajstić information content (AvgIpc) is 3.64. The van der Waals surface area contributed by atoms with E-state index >= 15 is 0 Å². The molecule has 6 rings (SSSR count). The Morgan fingerprint density at radius 3 is 2.74 bits per heavy atom. The summed E-state index contributed by atoms with van der Waals surface area (Å²) in [6.07, 6.45) is 5.33. The number of carbonyl (C=O) groups is 2. The molecule has 35 heavy (non-hydrogen) atoms. The van der Waals surface area contributed by atoms with E-state index in [0.29, 0.717) is 24.1 Å². The smallest absolute Gasteiger partial charge is 0.270 e. The second-order valence-corrected chi connectivity index (χ2v) is 10.5. The van der Waals surface area contributed by atoms with Crippen LogP contribution in [0.1, 0.15) is 45.8 Å². The van der Waals surface area contributed by atoms with Gasteiger partial charge in [-0.1, -0.05) is 55.0 Å². The van der Waals surface area contributed by atoms with Crippen molar-refractivity contribution in [1.82, 2.24) is 19.6 Å². The lowest BCUT2D eigenvalue weighted by molar-refractivity contribution is 0.0701. The monoisotopic (exact) mass is 484 g/mol. The number of carbonyl (C=O) groups excluding carboxylic acids is 2. The summed E-state index contributed by atoms with van der Waals surface area (Å²) in [5.41, 5.74) is 4.02. The minimum absolute atomic E-state index is 0.00558. The highest BCUT2D eigenvalue weighted by Crippen LogP contribution is 2.43. The number of likely N-dealkylation sites (tertiary alicyclic amines) is 1. The van der Waals surface area contributed by atoms with Crippen LogP contribution >= 0.6 is 11.3 Å². The Kier molecular flexibility index (Phi) is 5.65. The van der Waals surface area contributed by atoms with Crippen LogP contribution in [-0.2, 0) is 0 Å². The molecule has 3 atom stereocenters. The minimum atomic E-state index is -0.132. The number of nitrogens with zero attached hydrogens (tertiary/aromatic N) is 3. The van der Waals surface area contributed by atoms with E-state index < -0.39 is 0 Å². The van der Waals surface area contributed by atoms with E-state index in [9.17, 15) is 9.59 Å². The molecule has 1 aliphatic carbocycles. The van der Waals surface area contributed by atoms with Crippen LogP contribution in [0.2, 0.25) is 0 Å². The Morgan fingerprint density at radius 1 is 1.09 bits per heavy atom. The number of aromatic nitrogens is 2. The zero-order chi connectivity index (χ0) is 23.9. The number of fused-ring (bicyclic) bond motifs is 2. The van der Waals surface area contributed by atoms with E-state index in [1.807, 2.05) is 82.4 Å². The molecule has 2 aromatic carbocycles. The Hall–Kier alpha value is -3.45. The molecule has 3 heterocycles. The van der Waals surface area contributed by atoms with Crippen molar-refractivity contribution in [2.75, 3.05) is 13.1 Å². The van der Waals surface area contributed by atoms with Crippen LogP contribution in [0.5, 0.6) is 0 Å². The van der Waals surface area contributed by atoms with Crippen molar-refractivity contribution in [1.29, 1.82) is 0 Å². The maximum atomic E-state index is 14.0. The third kappa shape index (κ3) is 3.84. The van der Waals surface area contributed by atoms with Gasteiger partial charge in [0.1, 0.15) is 5.69 Å². The zero-order valence-corrected chi connectivity index (χ0v) is 20.5. The molecule has 178 valence electrons. The Balaban J connectivity index is 1.27. The van der Waals surface area contributed by atoms with Crippen LogP contribution in [0.3, 0.4) is 0 Å². The highest BCUT2D eigenvalue weighted by Gasteiger charge is 2.46. The predicted octanol–water partition coefficient (Wildman–Crippen LogP) is 5.04. The van der Waals surface area contributed by atoms with Gasteiger partial charge in [0, 0.05) is 30.2 Å². The lowest BCUT2D eigenvalue weighted by Gasteiger charge is -2.29. The fourth-order valence-corrected chi connectivity index (χ4v) is 6.81. The van der Waals surface area contributed by atoms with E-state index in [0.717, 1.165) is 46.7 Å². The molecule has 6 nitrogen and oxygen atoms in total. The van der Waals surface area contributed by atoms with Gasteiger partial charge < -0.3 is 10.2 Å². The molecule has 0 unspecified atom stereocenters. The van der Waals surface area contributed by atoms with Gasteiger partial charge >= 0.3 is 0 Å². The highest BCUT2D eigenvalue weighted by molar-refractivity contribution is 7.15. The summed E-state index contributed by atoms with van der Waals surface area (Å²) in [6.45, 7) is 3.08. The summed E-state index contributed by atoms with van der Waals surface area (Å²) in [5, 5.41) is 5.09. The normalized spacial score (nSPS) is 21.4. The lowest BCUT2D eigenvalue weighted by Crippen LogP contribution is -2.46. The first kappa shape index (κ1) is 22.0. The van der Waals surface area contributed by atoms with E-state index in [1.165, 1.54) is 17.8 Å². The SMILES string of the molecule is Cc1nc2sccn2c1C(=O)NC[C@@H]1[C@H]2CCC[C@H]2CN1C(=O)c1ccccc1-c1ccccc1. The van der Waals surface area contributed by atoms with Gasteiger partial charge in [-0.2, -0.15) is 0 Å². The molecule has 0 bridgehead atoms. The maximum Gasteiger partial charge on any atom is 0.270 e. The van der Waals surface area contributed by atoms with Crippen LogP contribution in [0.4, 0.5) is 0 Å². The van der Waals surface area contributed by atoms with Gasteiger partial charge in [-0.3, -0.25) is 14.0 Å². The number of benzene rings is 2. The summed E-state index contributed by atoms with van der Waals surface area (Å²) in [6, 6.07) is 17.9. The molecule has 1 saturated heterocycles. The van der Waals surface area contributed by atoms with Gasteiger partial charge in [0.15, 0.2) is 4.96 Å². The number of thiazole rings is 1. The number of rotatable bonds is 5. The number of hydrogen-bond donors (Lipinski definition) is 1. The van der Waals surface area contributed by atoms with Crippen molar-refractivity contribution in [3.63, 3.8) is 0 Å². The molecule has 2 aromatic heterocycles. The largest absolute Gasteiger partial charge is 0.349 e. The molecule has 2 fully saturated rings. The number of aryl methyl sites for hydroxylation is 1. The van der Waals surface area contributed by atoms with Crippen LogP contribution in [0.25, 0.3) is 16.1 Å². The Labute approximate surface area is 208 Å². The van der Waals surface area contributed by atoms with Crippen molar-refractivity contribution in [2.45, 2.75) is 32.2 Å². The fourth-order valence-electron chi connectivity index (χ4n) is 6.06. The van der Waals surface area contributed by atoms with E-state index in [4.69, 9.17) is 0 Å². The molecule has 4 aromatic rings. The fraction of sp³-hybridized carbons (Fsp3) is 0.321. The van der Waals surface area contributed by atoms with Gasteiger partial charge in [-0.05, 0) is 48.8 Å². The van der Waals surface area contributed by atoms with Gasteiger partial charge in [-0.15, -0.1) is 11.3 Å². The van der Waals surface area contributed by atoms with Gasteiger partial charge in [0.25, 0.3) is 11.8 Å². The standard InChI is InChI=1S/C28H28N4O2S/c1-18-25(31-14-15-35-28(31)30-18)26(33)29-16-24-22-13-7-10-20(22)17-32(24)27(34)23-12-6-5-11-21(23)19-8-3-2-4-9-19/h2-6,8-9,11-12,14-15,20,22,24H,7,10,13,16-17H2,1H3,(H,29,33)/t20-,22-,24+/m0/s1. The van der Waals surface area contributed by atoms with Crippen LogP contribution < -0.4 is 5.32 Å². The predicted molar refractivity (Wildman–Crippen MR) is 138 cm³/mol. The molecular formula is C28H28N4O2S. The van der Waals surface area contributed by atoms with Crippen LogP contribution in [0.15, 0.2) is 66.2 Å². The van der Waals surface area contributed by atoms with Crippen molar-refractivity contribution in [2.24, 2.45) is 11.8 Å². The third-order valence-electron chi connectivity index (χ3n) is 7.67. The molecule has 2 amide bonds. The van der Waals surface area contributed by atoms with Gasteiger partial charge in [0.2, 0.25) is 0 Å². The van der Waals surface area contributed by atoms with E-state index in [2.05, 4.69) is 10.3 Å². The lowest BCUT2D eigenvalue weighted by atomic mass is 9.93. The minimum Gasteiger partial charge on any atom is -0.349 e. The van der Waals surface area contributed by atoms with Crippen molar-refractivity contribution in [3.05, 3.63) is 83.1 Å². The van der Waals surface area contributed by atoms with Crippen molar-refractivity contribution >= 4 is 28.1 Å². The molecule has 1 aliphatic heterocycles. The summed E-state index contributed by atoms with van der Waals surface area (Å²) in [4.78, 5) is 34.5. The van der Waals surface area contributed by atoms with Crippen LogP contribution in [-0.4, -0.2) is 45.2 Å². The van der Waals surface area contributed by atoms with E-state index in [-0.39, 0.29) is 17.9 Å². The Morgan fingerprint density at radius 2 is 1.89 bits per heavy atom. The van der Waals surface area contributed by atoms with Gasteiger partial charge in [0.05, 0.1) is 11.7 Å². The Bertz CT molecular complexity index is 1390. The van der Waals surface area contributed by atoms with Crippen molar-refractivity contribution < 1.29 is 9.59 Å². The molecule has 7 heteroatoms. The van der Waals surface area contributed by atoms with Gasteiger partial charge in [-0.25, -0.2) is 4.98 Å². The molecule has 0 radical (unpaired) electrons. The molecule has 1 saturated carbocycles. The first-order valence-corrected chi connectivity index (χ1v) is 13.2. The topological polar surface area (TPSA) is 66.7 Å². The maximum absolute atomic E-state index is 14.0. The molecule has 2 aliphatic rings. The summed E-state index contributed by atoms with van der Waals surface area (Å²) in [5.74, 6) is 0.853. The zero-order valence-electron chi connectivity index (χ0n) is 19.7. The van der Waals surface area contributed by atoms with Crippen LogP contribution in [0, 0.1) is 18.8 Å². The third-order valence-corrected chi connectivity index (χ3v) is 8.43. The molecule has 1 N–H and O–H groups in total. The number of imidazole rings is 1. The second kappa shape index (κ2) is 8.96. The van der Waals surface area contributed by atoms with E-state index in [1.54, 1.807) is 0 Å². The summed E-state index contributed by atoms with van der Waals surface area (Å²) < 4.78 is 1.85. The summed E-state index contributed by atoms with van der Waals surface area (Å²) in [7, 11) is 0. The quantitative estimate of drug-likeness (QED) is 0.432. The molecular weight excluding hydrogens is 456 g/mol. The number of hydrogen-bond acceptors (Lipinski definition) is 4. The summed E-state index contributed by atoms with van der Waals surface area (Å²) >= 11 is 1.52.